The molecule has 108 valence electrons. The van der Waals surface area contributed by atoms with Crippen molar-refractivity contribution >= 4 is 10.2 Å². The first-order chi connectivity index (χ1) is 8.49. The fraction of sp³-hybridized carbons (Fsp3) is 1.00. The fourth-order valence-corrected chi connectivity index (χ4v) is 2.70. The summed E-state index contributed by atoms with van der Waals surface area (Å²) in [6, 6.07) is 0. The summed E-state index contributed by atoms with van der Waals surface area (Å²) < 4.78 is 33.6. The van der Waals surface area contributed by atoms with Crippen LogP contribution in [0.4, 0.5) is 0 Å². The zero-order valence-electron chi connectivity index (χ0n) is 11.2. The Balaban J connectivity index is 2.08. The summed E-state index contributed by atoms with van der Waals surface area (Å²) in [4.78, 5) is 0. The number of rotatable bonds is 8. The van der Waals surface area contributed by atoms with Crippen LogP contribution in [-0.4, -0.2) is 47.3 Å². The SMILES string of the molecule is CC(C)CNS(=O)(=O)NCCOC1CCNCC1. The van der Waals surface area contributed by atoms with E-state index in [0.717, 1.165) is 25.9 Å². The summed E-state index contributed by atoms with van der Waals surface area (Å²) in [5.41, 5.74) is 0. The quantitative estimate of drug-likeness (QED) is 0.539. The van der Waals surface area contributed by atoms with Gasteiger partial charge in [-0.25, -0.2) is 4.72 Å². The number of piperidine rings is 1. The van der Waals surface area contributed by atoms with E-state index in [1.54, 1.807) is 0 Å². The zero-order chi connectivity index (χ0) is 13.4. The van der Waals surface area contributed by atoms with Crippen LogP contribution in [0.15, 0.2) is 0 Å². The van der Waals surface area contributed by atoms with Gasteiger partial charge < -0.3 is 10.1 Å². The van der Waals surface area contributed by atoms with Crippen LogP contribution in [0.3, 0.4) is 0 Å². The van der Waals surface area contributed by atoms with Crippen LogP contribution in [0, 0.1) is 5.92 Å². The Hall–Kier alpha value is -0.210. The Morgan fingerprint density at radius 2 is 1.94 bits per heavy atom. The second-order valence-electron chi connectivity index (χ2n) is 4.96. The lowest BCUT2D eigenvalue weighted by Crippen LogP contribution is -2.40. The van der Waals surface area contributed by atoms with Gasteiger partial charge in [0.2, 0.25) is 0 Å². The summed E-state index contributed by atoms with van der Waals surface area (Å²) in [6.07, 6.45) is 2.26. The Morgan fingerprint density at radius 1 is 1.28 bits per heavy atom. The Labute approximate surface area is 110 Å². The molecule has 0 atom stereocenters. The Bertz CT molecular complexity index is 313. The molecule has 1 saturated heterocycles. The molecule has 0 saturated carbocycles. The summed E-state index contributed by atoms with van der Waals surface area (Å²) >= 11 is 0. The molecule has 1 aliphatic rings. The first kappa shape index (κ1) is 15.8. The highest BCUT2D eigenvalue weighted by Gasteiger charge is 2.14. The standard InChI is InChI=1S/C11H25N3O3S/c1-10(2)9-14-18(15,16)13-7-8-17-11-3-5-12-6-4-11/h10-14H,3-9H2,1-2H3. The smallest absolute Gasteiger partial charge is 0.276 e. The van der Waals surface area contributed by atoms with Gasteiger partial charge >= 0.3 is 0 Å². The van der Waals surface area contributed by atoms with Crippen molar-refractivity contribution in [2.24, 2.45) is 5.92 Å². The summed E-state index contributed by atoms with van der Waals surface area (Å²) in [5.74, 6) is 0.299. The first-order valence-electron chi connectivity index (χ1n) is 6.56. The topological polar surface area (TPSA) is 79.5 Å². The molecule has 1 heterocycles. The van der Waals surface area contributed by atoms with Gasteiger partial charge in [-0.15, -0.1) is 0 Å². The van der Waals surface area contributed by atoms with E-state index in [9.17, 15) is 8.42 Å². The average molecular weight is 279 g/mol. The third-order valence-electron chi connectivity index (χ3n) is 2.72. The van der Waals surface area contributed by atoms with E-state index in [4.69, 9.17) is 4.74 Å². The molecule has 0 amide bonds. The normalized spacial score (nSPS) is 18.4. The van der Waals surface area contributed by atoms with Crippen LogP contribution in [-0.2, 0) is 14.9 Å². The molecule has 7 heteroatoms. The first-order valence-corrected chi connectivity index (χ1v) is 8.04. The molecule has 3 N–H and O–H groups in total. The monoisotopic (exact) mass is 279 g/mol. The minimum Gasteiger partial charge on any atom is -0.377 e. The van der Waals surface area contributed by atoms with Crippen molar-refractivity contribution < 1.29 is 13.2 Å². The van der Waals surface area contributed by atoms with Crippen molar-refractivity contribution in [3.05, 3.63) is 0 Å². The summed E-state index contributed by atoms with van der Waals surface area (Å²) in [6.45, 7) is 7.07. The van der Waals surface area contributed by atoms with E-state index in [0.29, 0.717) is 25.6 Å². The van der Waals surface area contributed by atoms with E-state index in [-0.39, 0.29) is 6.10 Å². The number of ether oxygens (including phenoxy) is 1. The molecule has 0 aromatic heterocycles. The predicted octanol–water partition coefficient (Wildman–Crippen LogP) is -0.165. The van der Waals surface area contributed by atoms with Gasteiger partial charge in [-0.05, 0) is 31.8 Å². The van der Waals surface area contributed by atoms with Crippen LogP contribution in [0.5, 0.6) is 0 Å². The minimum absolute atomic E-state index is 0.263. The molecule has 0 bridgehead atoms. The van der Waals surface area contributed by atoms with Crippen LogP contribution < -0.4 is 14.8 Å². The van der Waals surface area contributed by atoms with E-state index >= 15 is 0 Å². The van der Waals surface area contributed by atoms with Crippen LogP contribution in [0.25, 0.3) is 0 Å². The molecule has 6 nitrogen and oxygen atoms in total. The molecule has 0 aromatic carbocycles. The van der Waals surface area contributed by atoms with Gasteiger partial charge in [-0.3, -0.25) is 0 Å². The molecular formula is C11H25N3O3S. The number of nitrogens with one attached hydrogen (secondary N) is 3. The fourth-order valence-electron chi connectivity index (χ4n) is 1.69. The molecule has 0 spiro atoms. The maximum absolute atomic E-state index is 11.5. The third-order valence-corrected chi connectivity index (χ3v) is 3.85. The van der Waals surface area contributed by atoms with Gasteiger partial charge in [0, 0.05) is 13.1 Å². The Kier molecular flexibility index (Phi) is 7.10. The van der Waals surface area contributed by atoms with E-state index < -0.39 is 10.2 Å². The van der Waals surface area contributed by atoms with Crippen molar-refractivity contribution in [1.29, 1.82) is 0 Å². The summed E-state index contributed by atoms with van der Waals surface area (Å²) in [7, 11) is -3.37. The Morgan fingerprint density at radius 3 is 2.56 bits per heavy atom. The highest BCUT2D eigenvalue weighted by atomic mass is 32.2. The number of hydrogen-bond acceptors (Lipinski definition) is 4. The van der Waals surface area contributed by atoms with Gasteiger partial charge in [0.1, 0.15) is 0 Å². The van der Waals surface area contributed by atoms with Crippen molar-refractivity contribution in [2.75, 3.05) is 32.8 Å². The van der Waals surface area contributed by atoms with E-state index in [1.165, 1.54) is 0 Å². The van der Waals surface area contributed by atoms with Gasteiger partial charge in [0.15, 0.2) is 0 Å². The molecule has 1 aliphatic heterocycles. The largest absolute Gasteiger partial charge is 0.377 e. The number of hydrogen-bond donors (Lipinski definition) is 3. The van der Waals surface area contributed by atoms with Crippen molar-refractivity contribution in [2.45, 2.75) is 32.8 Å². The van der Waals surface area contributed by atoms with Gasteiger partial charge in [0.25, 0.3) is 10.2 Å². The minimum atomic E-state index is -3.37. The molecule has 1 rings (SSSR count). The average Bonchev–Trinajstić information content (AvgIpc) is 2.34. The molecule has 0 aliphatic carbocycles. The lowest BCUT2D eigenvalue weighted by atomic mass is 10.1. The molecule has 18 heavy (non-hydrogen) atoms. The zero-order valence-corrected chi connectivity index (χ0v) is 12.1. The van der Waals surface area contributed by atoms with Crippen molar-refractivity contribution in [3.63, 3.8) is 0 Å². The highest BCUT2D eigenvalue weighted by molar-refractivity contribution is 7.87. The molecule has 0 aromatic rings. The van der Waals surface area contributed by atoms with Crippen LogP contribution in [0.2, 0.25) is 0 Å². The second kappa shape index (κ2) is 8.06. The summed E-state index contributed by atoms with van der Waals surface area (Å²) in [5, 5.41) is 3.26. The van der Waals surface area contributed by atoms with Crippen LogP contribution in [0.1, 0.15) is 26.7 Å². The lowest BCUT2D eigenvalue weighted by molar-refractivity contribution is 0.0366. The molecule has 0 unspecified atom stereocenters. The van der Waals surface area contributed by atoms with Crippen molar-refractivity contribution in [1.82, 2.24) is 14.8 Å². The molecular weight excluding hydrogens is 254 g/mol. The van der Waals surface area contributed by atoms with E-state index in [2.05, 4.69) is 14.8 Å². The van der Waals surface area contributed by atoms with Crippen LogP contribution >= 0.6 is 0 Å². The second-order valence-corrected chi connectivity index (χ2v) is 6.54. The third kappa shape index (κ3) is 7.27. The highest BCUT2D eigenvalue weighted by Crippen LogP contribution is 2.06. The van der Waals surface area contributed by atoms with Crippen molar-refractivity contribution in [3.8, 4) is 0 Å². The van der Waals surface area contributed by atoms with E-state index in [1.807, 2.05) is 13.8 Å². The van der Waals surface area contributed by atoms with Gasteiger partial charge in [0.05, 0.1) is 12.7 Å². The molecule has 0 radical (unpaired) electrons. The lowest BCUT2D eigenvalue weighted by Gasteiger charge is -2.22. The predicted molar refractivity (Wildman–Crippen MR) is 71.6 cm³/mol. The maximum atomic E-state index is 11.5. The maximum Gasteiger partial charge on any atom is 0.276 e. The molecule has 1 fully saturated rings. The van der Waals surface area contributed by atoms with Gasteiger partial charge in [-0.2, -0.15) is 13.1 Å². The van der Waals surface area contributed by atoms with Gasteiger partial charge in [-0.1, -0.05) is 13.8 Å².